The van der Waals surface area contributed by atoms with Crippen molar-refractivity contribution in [1.82, 2.24) is 9.13 Å². The second-order valence-electron chi connectivity index (χ2n) is 12.3. The third-order valence-electron chi connectivity index (χ3n) is 9.94. The van der Waals surface area contributed by atoms with Crippen LogP contribution in [-0.2, 0) is 0 Å². The Morgan fingerprint density at radius 3 is 1.65 bits per heavy atom. The van der Waals surface area contributed by atoms with Crippen LogP contribution in [0.2, 0.25) is 0 Å². The zero-order valence-corrected chi connectivity index (χ0v) is 25.6. The highest BCUT2D eigenvalue weighted by Gasteiger charge is 2.25. The van der Waals surface area contributed by atoms with Gasteiger partial charge in [0.2, 0.25) is 5.69 Å². The highest BCUT2D eigenvalue weighted by molar-refractivity contribution is 6.28. The molecule has 0 N–H and O–H groups in total. The van der Waals surface area contributed by atoms with Crippen molar-refractivity contribution in [3.8, 4) is 17.4 Å². The molecule has 4 nitrogen and oxygen atoms in total. The molecule has 220 valence electrons. The third kappa shape index (κ3) is 3.41. The van der Waals surface area contributed by atoms with Crippen molar-refractivity contribution >= 4 is 81.6 Å². The van der Waals surface area contributed by atoms with Crippen molar-refractivity contribution in [1.29, 1.82) is 5.26 Å². The topological polar surface area (TPSA) is 38.0 Å². The van der Waals surface area contributed by atoms with Gasteiger partial charge in [-0.15, -0.1) is 0 Å². The first-order valence-electron chi connectivity index (χ1n) is 16.0. The molecule has 8 aromatic carbocycles. The van der Waals surface area contributed by atoms with E-state index in [0.29, 0.717) is 16.9 Å². The van der Waals surface area contributed by atoms with Crippen LogP contribution in [0.25, 0.3) is 92.1 Å². The number of benzene rings is 8. The van der Waals surface area contributed by atoms with Gasteiger partial charge in [0.25, 0.3) is 0 Å². The summed E-state index contributed by atoms with van der Waals surface area (Å²) in [4.78, 5) is 4.03. The molecule has 0 atom stereocenters. The molecular formula is C44H24N4. The minimum atomic E-state index is 0.433. The third-order valence-corrected chi connectivity index (χ3v) is 9.94. The Labute approximate surface area is 275 Å². The average molecular weight is 609 g/mol. The first-order chi connectivity index (χ1) is 23.8. The largest absolute Gasteiger partial charge is 0.317 e. The van der Waals surface area contributed by atoms with Gasteiger partial charge in [-0.05, 0) is 51.2 Å². The summed E-state index contributed by atoms with van der Waals surface area (Å²) in [6.07, 6.45) is 0. The van der Waals surface area contributed by atoms with E-state index < -0.39 is 0 Å². The van der Waals surface area contributed by atoms with Gasteiger partial charge in [-0.3, -0.25) is 0 Å². The van der Waals surface area contributed by atoms with Crippen molar-refractivity contribution in [3.63, 3.8) is 0 Å². The molecule has 2 aromatic heterocycles. The minimum absolute atomic E-state index is 0.433. The van der Waals surface area contributed by atoms with Crippen LogP contribution < -0.4 is 0 Å². The molecule has 0 fully saturated rings. The fourth-order valence-electron chi connectivity index (χ4n) is 7.95. The zero-order valence-electron chi connectivity index (χ0n) is 25.6. The van der Waals surface area contributed by atoms with E-state index in [9.17, 15) is 5.26 Å². The van der Waals surface area contributed by atoms with Crippen LogP contribution in [-0.4, -0.2) is 9.13 Å². The molecule has 0 bridgehead atoms. The predicted octanol–water partition coefficient (Wildman–Crippen LogP) is 11.8. The van der Waals surface area contributed by atoms with Gasteiger partial charge >= 0.3 is 0 Å². The van der Waals surface area contributed by atoms with Gasteiger partial charge in [0.15, 0.2) is 0 Å². The van der Waals surface area contributed by atoms with E-state index in [4.69, 9.17) is 6.57 Å². The summed E-state index contributed by atoms with van der Waals surface area (Å²) in [6, 6.07) is 53.0. The molecule has 10 rings (SSSR count). The Bertz CT molecular complexity index is 3000. The second-order valence-corrected chi connectivity index (χ2v) is 12.3. The van der Waals surface area contributed by atoms with Gasteiger partial charge in [-0.25, -0.2) is 4.85 Å². The number of nitrogens with zero attached hydrogens (tertiary/aromatic N) is 4. The first kappa shape index (κ1) is 26.3. The van der Waals surface area contributed by atoms with Crippen molar-refractivity contribution < 1.29 is 0 Å². The molecule has 0 saturated carbocycles. The summed E-state index contributed by atoms with van der Waals surface area (Å²) in [7, 11) is 0. The van der Waals surface area contributed by atoms with Crippen molar-refractivity contribution in [2.75, 3.05) is 0 Å². The molecule has 0 aliphatic rings. The number of rotatable bonds is 2. The quantitative estimate of drug-likeness (QED) is 0.180. The maximum absolute atomic E-state index is 11.2. The van der Waals surface area contributed by atoms with Crippen LogP contribution in [0.5, 0.6) is 0 Å². The predicted molar refractivity (Wildman–Crippen MR) is 199 cm³/mol. The summed E-state index contributed by atoms with van der Waals surface area (Å²) in [5, 5.41) is 22.5. The lowest BCUT2D eigenvalue weighted by Crippen LogP contribution is -2.04. The number of hydrogen-bond acceptors (Lipinski definition) is 1. The number of hydrogen-bond donors (Lipinski definition) is 0. The number of nitriles is 1. The van der Waals surface area contributed by atoms with Gasteiger partial charge in [0, 0.05) is 26.9 Å². The van der Waals surface area contributed by atoms with Gasteiger partial charge in [0.05, 0.1) is 45.6 Å². The second kappa shape index (κ2) is 9.81. The van der Waals surface area contributed by atoms with E-state index in [1.165, 1.54) is 21.5 Å². The summed E-state index contributed by atoms with van der Waals surface area (Å²) >= 11 is 0. The molecule has 0 spiro atoms. The van der Waals surface area contributed by atoms with Crippen molar-refractivity contribution in [2.45, 2.75) is 0 Å². The fraction of sp³-hybridized carbons (Fsp3) is 0. The standard InChI is InChI=1S/C44H24N4/c1-46-36-22-25-38(35(26-45)44(36)48-37-17-9-8-16-33(37)34-21-18-29-12-4-7-15-32(29)43(34)48)47-39-23-19-27-10-2-5-13-30(27)41(39)42-31-14-6-3-11-28(31)20-24-40(42)47/h2-25H. The van der Waals surface area contributed by atoms with Crippen molar-refractivity contribution in [2.24, 2.45) is 0 Å². The minimum Gasteiger partial charge on any atom is -0.317 e. The molecule has 2 heterocycles. The lowest BCUT2D eigenvalue weighted by molar-refractivity contribution is 1.12. The molecule has 0 amide bonds. The Morgan fingerprint density at radius 1 is 0.479 bits per heavy atom. The maximum atomic E-state index is 11.2. The molecule has 10 aromatic rings. The molecule has 0 aliphatic heterocycles. The molecule has 4 heteroatoms. The Kier molecular flexibility index (Phi) is 5.38. The van der Waals surface area contributed by atoms with E-state index >= 15 is 0 Å². The Morgan fingerprint density at radius 2 is 1.02 bits per heavy atom. The molecule has 0 radical (unpaired) electrons. The lowest BCUT2D eigenvalue weighted by atomic mass is 10.00. The van der Waals surface area contributed by atoms with E-state index in [1.807, 2.05) is 36.4 Å². The molecule has 48 heavy (non-hydrogen) atoms. The average Bonchev–Trinajstić information content (AvgIpc) is 3.68. The Balaban J connectivity index is 1.42. The fourth-order valence-corrected chi connectivity index (χ4v) is 7.95. The van der Waals surface area contributed by atoms with Gasteiger partial charge in [-0.2, -0.15) is 5.26 Å². The highest BCUT2D eigenvalue weighted by atomic mass is 15.0. The summed E-state index contributed by atoms with van der Waals surface area (Å²) < 4.78 is 4.38. The monoisotopic (exact) mass is 608 g/mol. The lowest BCUT2D eigenvalue weighted by Gasteiger charge is -2.18. The summed E-state index contributed by atoms with van der Waals surface area (Å²) in [5.74, 6) is 0. The Hall–Kier alpha value is -6.88. The van der Waals surface area contributed by atoms with Crippen LogP contribution in [0.4, 0.5) is 5.69 Å². The van der Waals surface area contributed by atoms with Crippen LogP contribution in [0, 0.1) is 17.9 Å². The van der Waals surface area contributed by atoms with Crippen molar-refractivity contribution in [3.05, 3.63) is 163 Å². The molecule has 0 unspecified atom stereocenters. The first-order valence-corrected chi connectivity index (χ1v) is 16.0. The van der Waals surface area contributed by atoms with Gasteiger partial charge in [-0.1, -0.05) is 121 Å². The van der Waals surface area contributed by atoms with Gasteiger partial charge < -0.3 is 9.13 Å². The van der Waals surface area contributed by atoms with E-state index in [-0.39, 0.29) is 0 Å². The van der Waals surface area contributed by atoms with E-state index in [1.54, 1.807) is 0 Å². The number of fused-ring (bicyclic) bond motifs is 12. The highest BCUT2D eigenvalue weighted by Crippen LogP contribution is 2.45. The van der Waals surface area contributed by atoms with Crippen LogP contribution in [0.3, 0.4) is 0 Å². The van der Waals surface area contributed by atoms with E-state index in [0.717, 1.165) is 60.1 Å². The molecule has 0 saturated heterocycles. The normalized spacial score (nSPS) is 11.7. The smallest absolute Gasteiger partial charge is 0.212 e. The number of para-hydroxylation sites is 1. The van der Waals surface area contributed by atoms with Crippen LogP contribution >= 0.6 is 0 Å². The number of aromatic nitrogens is 2. The summed E-state index contributed by atoms with van der Waals surface area (Å²) in [5.41, 5.74) is 6.23. The zero-order chi connectivity index (χ0) is 31.9. The van der Waals surface area contributed by atoms with E-state index in [2.05, 4.69) is 129 Å². The molecular weight excluding hydrogens is 585 g/mol. The van der Waals surface area contributed by atoms with Crippen LogP contribution in [0.15, 0.2) is 146 Å². The summed E-state index contributed by atoms with van der Waals surface area (Å²) in [6.45, 7) is 8.32. The maximum Gasteiger partial charge on any atom is 0.212 e. The van der Waals surface area contributed by atoms with Gasteiger partial charge in [0.1, 0.15) is 6.07 Å². The SMILES string of the molecule is [C-]#[N+]c1ccc(-n2c3ccc4ccccc4c3c3c4ccccc4ccc32)c(C#N)c1-n1c2ccccc2c2ccc3ccccc3c21. The van der Waals surface area contributed by atoms with Crippen LogP contribution in [0.1, 0.15) is 5.56 Å². The molecule has 0 aliphatic carbocycles.